The van der Waals surface area contributed by atoms with Crippen LogP contribution in [-0.2, 0) is 6.54 Å². The van der Waals surface area contributed by atoms with Gasteiger partial charge in [0.25, 0.3) is 0 Å². The zero-order valence-corrected chi connectivity index (χ0v) is 10.7. The fraction of sp³-hybridized carbons (Fsp3) is 0.231. The molecule has 2 rings (SSSR count). The third-order valence-electron chi connectivity index (χ3n) is 2.57. The molecule has 2 aromatic rings. The van der Waals surface area contributed by atoms with Crippen LogP contribution in [0.5, 0.6) is 0 Å². The van der Waals surface area contributed by atoms with Crippen LogP contribution in [0.1, 0.15) is 16.7 Å². The summed E-state index contributed by atoms with van der Waals surface area (Å²) in [6, 6.07) is 7.97. The second-order valence-electron chi connectivity index (χ2n) is 4.20. The van der Waals surface area contributed by atoms with E-state index in [1.807, 2.05) is 13.8 Å². The van der Waals surface area contributed by atoms with Gasteiger partial charge in [-0.15, -0.1) is 0 Å². The van der Waals surface area contributed by atoms with Crippen molar-refractivity contribution < 1.29 is 0 Å². The van der Waals surface area contributed by atoms with Gasteiger partial charge in [-0.3, -0.25) is 4.57 Å². The Morgan fingerprint density at radius 3 is 2.47 bits per heavy atom. The number of rotatable bonds is 2. The maximum absolute atomic E-state index is 11.7. The van der Waals surface area contributed by atoms with Crippen LogP contribution in [0.15, 0.2) is 35.3 Å². The zero-order chi connectivity index (χ0) is 12.4. The fourth-order valence-electron chi connectivity index (χ4n) is 1.94. The smallest absolute Gasteiger partial charge is 0.314 e. The molecular formula is C13H14N2OS. The van der Waals surface area contributed by atoms with Gasteiger partial charge in [-0.1, -0.05) is 41.5 Å². The van der Waals surface area contributed by atoms with E-state index in [0.717, 1.165) is 5.56 Å². The van der Waals surface area contributed by atoms with Gasteiger partial charge in [0.05, 0.1) is 6.54 Å². The molecule has 4 heteroatoms. The number of H-pyrrole nitrogens is 1. The summed E-state index contributed by atoms with van der Waals surface area (Å²) < 4.78 is 2.11. The lowest BCUT2D eigenvalue weighted by molar-refractivity contribution is 0.715. The standard InChI is InChI=1S/C13H14N2OS/c1-9-5-10(2)7-11(6-9)8-15-12(17)3-4-14-13(15)16/h3-7H,8H2,1-2H3,(H,14,16). The molecule has 0 amide bonds. The highest BCUT2D eigenvalue weighted by Gasteiger charge is 2.01. The van der Waals surface area contributed by atoms with Gasteiger partial charge in [0, 0.05) is 6.20 Å². The van der Waals surface area contributed by atoms with E-state index >= 15 is 0 Å². The van der Waals surface area contributed by atoms with Gasteiger partial charge in [-0.2, -0.15) is 0 Å². The number of nitrogens with one attached hydrogen (secondary N) is 1. The summed E-state index contributed by atoms with van der Waals surface area (Å²) in [5, 5.41) is 0. The zero-order valence-electron chi connectivity index (χ0n) is 9.86. The summed E-state index contributed by atoms with van der Waals surface area (Å²) >= 11 is 5.15. The van der Waals surface area contributed by atoms with Gasteiger partial charge in [0.15, 0.2) is 0 Å². The Morgan fingerprint density at radius 2 is 1.88 bits per heavy atom. The molecule has 0 saturated carbocycles. The number of aromatic amines is 1. The maximum atomic E-state index is 11.7. The van der Waals surface area contributed by atoms with Gasteiger partial charge < -0.3 is 4.98 Å². The van der Waals surface area contributed by atoms with E-state index in [4.69, 9.17) is 12.2 Å². The highest BCUT2D eigenvalue weighted by atomic mass is 32.1. The summed E-state index contributed by atoms with van der Waals surface area (Å²) in [5.41, 5.74) is 3.31. The average Bonchev–Trinajstić information content (AvgIpc) is 2.22. The van der Waals surface area contributed by atoms with Crippen molar-refractivity contribution in [3.05, 3.63) is 62.3 Å². The molecule has 0 spiro atoms. The van der Waals surface area contributed by atoms with Gasteiger partial charge in [-0.05, 0) is 25.5 Å². The first-order chi connectivity index (χ1) is 8.06. The minimum absolute atomic E-state index is 0.170. The van der Waals surface area contributed by atoms with E-state index in [9.17, 15) is 4.79 Å². The Morgan fingerprint density at radius 1 is 1.24 bits per heavy atom. The van der Waals surface area contributed by atoms with Crippen LogP contribution in [0.2, 0.25) is 0 Å². The van der Waals surface area contributed by atoms with Gasteiger partial charge in [-0.25, -0.2) is 4.79 Å². The van der Waals surface area contributed by atoms with E-state index in [-0.39, 0.29) is 5.69 Å². The van der Waals surface area contributed by atoms with Crippen LogP contribution in [-0.4, -0.2) is 9.55 Å². The Hall–Kier alpha value is -1.68. The SMILES string of the molecule is Cc1cc(C)cc(Cn2c(=S)cc[nH]c2=O)c1. The quantitative estimate of drug-likeness (QED) is 0.827. The molecule has 17 heavy (non-hydrogen) atoms. The van der Waals surface area contributed by atoms with Crippen LogP contribution < -0.4 is 5.69 Å². The van der Waals surface area contributed by atoms with Crippen LogP contribution in [0.25, 0.3) is 0 Å². The average molecular weight is 246 g/mol. The van der Waals surface area contributed by atoms with E-state index in [0.29, 0.717) is 11.2 Å². The monoisotopic (exact) mass is 246 g/mol. The molecule has 1 N–H and O–H groups in total. The summed E-state index contributed by atoms with van der Waals surface area (Å²) in [7, 11) is 0. The first-order valence-electron chi connectivity index (χ1n) is 5.42. The third kappa shape index (κ3) is 2.71. The predicted molar refractivity (Wildman–Crippen MR) is 70.9 cm³/mol. The lowest BCUT2D eigenvalue weighted by Crippen LogP contribution is -2.23. The fourth-order valence-corrected chi connectivity index (χ4v) is 2.16. The predicted octanol–water partition coefficient (Wildman–Crippen LogP) is 2.57. The van der Waals surface area contributed by atoms with Crippen molar-refractivity contribution in [2.24, 2.45) is 0 Å². The van der Waals surface area contributed by atoms with Crippen molar-refractivity contribution >= 4 is 12.2 Å². The number of hydrogen-bond donors (Lipinski definition) is 1. The molecular weight excluding hydrogens is 232 g/mol. The topological polar surface area (TPSA) is 37.8 Å². The number of aryl methyl sites for hydroxylation is 2. The van der Waals surface area contributed by atoms with Crippen LogP contribution >= 0.6 is 12.2 Å². The van der Waals surface area contributed by atoms with Crippen molar-refractivity contribution in [3.63, 3.8) is 0 Å². The minimum Gasteiger partial charge on any atom is -0.314 e. The maximum Gasteiger partial charge on any atom is 0.326 e. The molecule has 1 heterocycles. The van der Waals surface area contributed by atoms with Crippen LogP contribution in [0.4, 0.5) is 0 Å². The summed E-state index contributed by atoms with van der Waals surface area (Å²) in [6.07, 6.45) is 1.57. The number of hydrogen-bond acceptors (Lipinski definition) is 2. The molecule has 0 bridgehead atoms. The molecule has 1 aromatic heterocycles. The van der Waals surface area contributed by atoms with Crippen molar-refractivity contribution in [3.8, 4) is 0 Å². The lowest BCUT2D eigenvalue weighted by atomic mass is 10.1. The Bertz CT molecular complexity index is 606. The molecule has 3 nitrogen and oxygen atoms in total. The molecule has 0 unspecified atom stereocenters. The Labute approximate surface area is 105 Å². The minimum atomic E-state index is -0.170. The number of nitrogens with zero attached hydrogens (tertiary/aromatic N) is 1. The lowest BCUT2D eigenvalue weighted by Gasteiger charge is -2.07. The summed E-state index contributed by atoms with van der Waals surface area (Å²) in [4.78, 5) is 14.3. The van der Waals surface area contributed by atoms with Crippen LogP contribution in [0, 0.1) is 18.5 Å². The Balaban J connectivity index is 2.45. The molecule has 88 valence electrons. The second kappa shape index (κ2) is 4.67. The first-order valence-corrected chi connectivity index (χ1v) is 5.83. The number of aromatic nitrogens is 2. The first kappa shape index (κ1) is 11.8. The molecule has 0 aliphatic carbocycles. The van der Waals surface area contributed by atoms with Crippen molar-refractivity contribution in [2.45, 2.75) is 20.4 Å². The van der Waals surface area contributed by atoms with Gasteiger partial charge >= 0.3 is 5.69 Å². The van der Waals surface area contributed by atoms with Gasteiger partial charge in [0.1, 0.15) is 4.64 Å². The molecule has 0 aliphatic rings. The highest BCUT2D eigenvalue weighted by molar-refractivity contribution is 7.71. The van der Waals surface area contributed by atoms with Gasteiger partial charge in [0.2, 0.25) is 0 Å². The second-order valence-corrected chi connectivity index (χ2v) is 4.62. The van der Waals surface area contributed by atoms with E-state index < -0.39 is 0 Å². The van der Waals surface area contributed by atoms with Crippen molar-refractivity contribution in [1.29, 1.82) is 0 Å². The molecule has 1 aromatic carbocycles. The number of benzene rings is 1. The molecule has 0 atom stereocenters. The normalized spacial score (nSPS) is 10.5. The summed E-state index contributed by atoms with van der Waals surface area (Å²) in [5.74, 6) is 0. The van der Waals surface area contributed by atoms with Crippen LogP contribution in [0.3, 0.4) is 0 Å². The molecule has 0 fully saturated rings. The van der Waals surface area contributed by atoms with Crippen molar-refractivity contribution in [2.75, 3.05) is 0 Å². The molecule has 0 aliphatic heterocycles. The third-order valence-corrected chi connectivity index (χ3v) is 2.92. The Kier molecular flexibility index (Phi) is 3.24. The van der Waals surface area contributed by atoms with Crippen molar-refractivity contribution in [1.82, 2.24) is 9.55 Å². The molecule has 0 saturated heterocycles. The largest absolute Gasteiger partial charge is 0.326 e. The van der Waals surface area contributed by atoms with E-state index in [2.05, 4.69) is 23.2 Å². The molecule has 0 radical (unpaired) electrons. The van der Waals surface area contributed by atoms with E-state index in [1.165, 1.54) is 11.1 Å². The highest BCUT2D eigenvalue weighted by Crippen LogP contribution is 2.09. The summed E-state index contributed by atoms with van der Waals surface area (Å²) in [6.45, 7) is 4.60. The van der Waals surface area contributed by atoms with E-state index in [1.54, 1.807) is 16.8 Å².